The Morgan fingerprint density at radius 1 is 0.580 bits per heavy atom. The molecule has 0 aliphatic carbocycles. The number of rotatable bonds is 17. The molecule has 6 aliphatic heterocycles. The van der Waals surface area contributed by atoms with E-state index in [1.807, 2.05) is 31.1 Å². The minimum atomic E-state index is -3.09. The van der Waals surface area contributed by atoms with Crippen LogP contribution >= 0.6 is 42.2 Å². The van der Waals surface area contributed by atoms with Crippen LogP contribution in [0, 0.1) is 101 Å². The van der Waals surface area contributed by atoms with Crippen molar-refractivity contribution >= 4 is 145 Å². The van der Waals surface area contributed by atoms with Gasteiger partial charge in [0.25, 0.3) is 0 Å². The molecule has 7 atom stereocenters. The zero-order chi connectivity index (χ0) is 84.6. The van der Waals surface area contributed by atoms with Gasteiger partial charge in [0, 0.05) is 146 Å². The van der Waals surface area contributed by atoms with E-state index < -0.39 is 30.7 Å². The second kappa shape index (κ2) is 46.3. The van der Waals surface area contributed by atoms with Crippen molar-refractivity contribution in [2.45, 2.75) is 45.4 Å². The highest BCUT2D eigenvalue weighted by Crippen LogP contribution is 2.42. The number of amides is 2. The largest absolute Gasteiger partial charge is 0.398 e. The van der Waals surface area contributed by atoms with Gasteiger partial charge in [0.2, 0.25) is 19.2 Å². The van der Waals surface area contributed by atoms with Gasteiger partial charge in [0.05, 0.1) is 100 Å². The van der Waals surface area contributed by atoms with Gasteiger partial charge in [-0.25, -0.2) is 43.1 Å². The highest BCUT2D eigenvalue weighted by atomic mass is 35.5. The summed E-state index contributed by atoms with van der Waals surface area (Å²) in [7, 11) is 0.761. The second-order valence-electron chi connectivity index (χ2n) is 28.4. The molecule has 624 valence electrons. The number of aldehydes is 1. The summed E-state index contributed by atoms with van der Waals surface area (Å²) in [5.74, 6) is 22.5. The van der Waals surface area contributed by atoms with Crippen LogP contribution in [0.5, 0.6) is 0 Å². The molecule has 25 nitrogen and oxygen atoms in total. The fourth-order valence-corrected chi connectivity index (χ4v) is 13.9. The number of likely N-dealkylation sites (N-methyl/N-ethyl adjacent to an activating group) is 1. The van der Waals surface area contributed by atoms with Crippen LogP contribution in [-0.4, -0.2) is 184 Å². The molecular weight excluding hydrogens is 1610 g/mol. The third-order valence-corrected chi connectivity index (χ3v) is 21.2. The summed E-state index contributed by atoms with van der Waals surface area (Å²) >= 11 is 17.7. The first-order valence-corrected chi connectivity index (χ1v) is 41.9. The Morgan fingerprint density at radius 2 is 0.992 bits per heavy atom. The number of nitrogen functional groups attached to an aromatic ring is 1. The zero-order valence-corrected chi connectivity index (χ0v) is 69.2. The number of benzene rings is 6. The first-order chi connectivity index (χ1) is 57.5. The molecule has 2 amide bonds. The van der Waals surface area contributed by atoms with E-state index in [1.54, 1.807) is 49.4 Å². The smallest absolute Gasteiger partial charge is 0.248 e. The number of nitrogens with two attached hydrogens (primary N) is 1. The number of aromatic nitrogens is 6. The number of anilines is 9. The quantitative estimate of drug-likeness (QED) is 0.0146. The van der Waals surface area contributed by atoms with Gasteiger partial charge in [0.1, 0.15) is 66.3 Å². The molecule has 0 bridgehead atoms. The van der Waals surface area contributed by atoms with Crippen molar-refractivity contribution in [3.63, 3.8) is 0 Å². The van der Waals surface area contributed by atoms with Gasteiger partial charge in [0.15, 0.2) is 0 Å². The average molecular weight is 1710 g/mol. The van der Waals surface area contributed by atoms with Crippen LogP contribution in [0.25, 0.3) is 32.7 Å². The van der Waals surface area contributed by atoms with Crippen LogP contribution in [0.4, 0.5) is 64.7 Å². The Kier molecular flexibility index (Phi) is 35.4. The Labute approximate surface area is 704 Å². The first-order valence-electron chi connectivity index (χ1n) is 38.5. The average Bonchev–Trinajstić information content (AvgIpc) is 1.35. The topological polar surface area (TPSA) is 320 Å². The summed E-state index contributed by atoms with van der Waals surface area (Å²) in [6.07, 6.45) is 19.0. The Bertz CT molecular complexity index is 5330. The summed E-state index contributed by atoms with van der Waals surface area (Å²) in [6.45, 7) is 12.9. The number of aliphatic hydroxyl groups is 1. The van der Waals surface area contributed by atoms with Crippen molar-refractivity contribution in [2.75, 3.05) is 158 Å². The number of hydrogen-bond acceptors (Lipinski definition) is 23. The highest BCUT2D eigenvalue weighted by molar-refractivity contribution is 7.59. The minimum Gasteiger partial charge on any atom is -0.398 e. The Balaban J connectivity index is 0.000000167. The van der Waals surface area contributed by atoms with Crippen LogP contribution in [0.15, 0.2) is 122 Å². The molecule has 15 rings (SSSR count). The zero-order valence-electron chi connectivity index (χ0n) is 66.1. The maximum Gasteiger partial charge on any atom is 0.248 e. The minimum absolute atomic E-state index is 0.000668. The summed E-state index contributed by atoms with van der Waals surface area (Å²) in [4.78, 5) is 63.2. The molecular formula is C87H92Cl3F3N13O12P. The number of nitrogens with one attached hydrogen (secondary N) is 5. The van der Waals surface area contributed by atoms with Crippen LogP contribution in [-0.2, 0) is 51.9 Å². The van der Waals surface area contributed by atoms with Crippen molar-refractivity contribution in [1.82, 2.24) is 34.8 Å². The van der Waals surface area contributed by atoms with Gasteiger partial charge in [-0.3, -0.25) is 14.2 Å². The summed E-state index contributed by atoms with van der Waals surface area (Å²) < 4.78 is 89.3. The highest BCUT2D eigenvalue weighted by Gasteiger charge is 2.24. The lowest BCUT2D eigenvalue weighted by Crippen LogP contribution is -2.18. The molecule has 1 unspecified atom stereocenters. The van der Waals surface area contributed by atoms with Crippen molar-refractivity contribution in [1.29, 1.82) is 0 Å². The summed E-state index contributed by atoms with van der Waals surface area (Å²) in [5, 5.41) is 25.6. The lowest BCUT2D eigenvalue weighted by atomic mass is 10.1. The van der Waals surface area contributed by atoms with E-state index >= 15 is 0 Å². The van der Waals surface area contributed by atoms with E-state index in [0.717, 1.165) is 95.4 Å². The molecule has 6 saturated heterocycles. The SMILES string of the molecule is C#C[C@@H]1CCOC1.CCOP(C)(=O)CC(=O)Nc1cc2c(Nc3ccc(F)c(Cl)c3)ncnc2cc1C#C[C@@H]1CCOC1.CN(C)C/C=C/C(=O)Nc1cc2c(Nc3ccc(F)c(Cl)c3)ncnc2cc1C#C[C@@H]1CCOC1.Nc1cc2c(Nc3ccc(F)c(Cl)c3)ncnc2cc1C#C[C@@H]1CCOC1.O=C[C@@H]1CCOC1.OC[C@@H]1CCOC1. The molecule has 8 N–H and O–H groups in total. The Hall–Kier alpha value is -10.3. The number of carbonyl (C=O) groups excluding carboxylic acids is 3. The summed E-state index contributed by atoms with van der Waals surface area (Å²) in [6, 6.07) is 23.6. The number of fused-ring (bicyclic) bond motifs is 3. The van der Waals surface area contributed by atoms with E-state index in [4.69, 9.17) is 85.0 Å². The maximum atomic E-state index is 13.6. The van der Waals surface area contributed by atoms with Crippen molar-refractivity contribution < 1.29 is 70.2 Å². The molecule has 0 radical (unpaired) electrons. The predicted octanol–water partition coefficient (Wildman–Crippen LogP) is 15.1. The molecule has 0 spiro atoms. The molecule has 0 saturated carbocycles. The third kappa shape index (κ3) is 28.7. The molecule has 9 aromatic rings. The number of aliphatic hydroxyl groups excluding tert-OH is 1. The molecule has 32 heteroatoms. The van der Waals surface area contributed by atoms with Crippen LogP contribution in [0.2, 0.25) is 15.1 Å². The predicted molar refractivity (Wildman–Crippen MR) is 458 cm³/mol. The summed E-state index contributed by atoms with van der Waals surface area (Å²) in [5.41, 5.74) is 13.3. The van der Waals surface area contributed by atoms with E-state index in [1.165, 1.54) is 74.2 Å². The number of ether oxygens (including phenoxy) is 6. The van der Waals surface area contributed by atoms with Crippen molar-refractivity contribution in [2.24, 2.45) is 35.5 Å². The normalized spacial score (nSPS) is 18.6. The van der Waals surface area contributed by atoms with Crippen LogP contribution in [0.3, 0.4) is 0 Å². The number of nitrogens with zero attached hydrogens (tertiary/aromatic N) is 7. The molecule has 3 aromatic heterocycles. The second-order valence-corrected chi connectivity index (χ2v) is 32.2. The maximum absolute atomic E-state index is 13.6. The van der Waals surface area contributed by atoms with E-state index in [0.29, 0.717) is 155 Å². The Morgan fingerprint density at radius 3 is 1.35 bits per heavy atom. The molecule has 6 aromatic carbocycles. The monoisotopic (exact) mass is 1700 g/mol. The van der Waals surface area contributed by atoms with Crippen molar-refractivity contribution in [3.8, 4) is 47.9 Å². The van der Waals surface area contributed by atoms with E-state index in [9.17, 15) is 32.1 Å². The molecule has 6 aliphatic rings. The van der Waals surface area contributed by atoms with Crippen LogP contribution < -0.4 is 32.3 Å². The van der Waals surface area contributed by atoms with E-state index in [-0.39, 0.29) is 57.4 Å². The van der Waals surface area contributed by atoms with Gasteiger partial charge in [-0.2, -0.15) is 0 Å². The fraction of sp³-hybridized carbons (Fsp3) is 0.368. The standard InChI is InChI=1S/C26H25ClFN5O2.C25H25ClFN4O4P.C20H16ClFN4O.C6H8O.C5H10O2.C5H8O2/c1-33(2)10-3-4-25(34)32-23-14-20-24(12-18(23)6-5-17-9-11-35-15-17)29-16-30-26(20)31-19-7-8-22(28)21(27)13-19;1-3-35-36(2,33)14-24(32)31-22-12-19-23(10-17(22)5-4-16-8-9-34-13-16)28-15-29-25(19)30-18-6-7-21(27)20(26)11-18;21-16-8-14(3-4-17(16)22)26-20-15-9-18(23)13(7-19(15)24-11-25-20)2-1-12-5-6-27-10-12;1-2-6-3-4-7-5-6;2*6-3-5-1-2-7-4-5/h3-4,7-8,12-14,16-17H,9-11,15H2,1-2H3,(H,32,34)(H,29,30,31);6-7,10-12,15-16H,3,8-9,13-14H2,1-2H3,(H,31,32)(H,28,29,30);3-4,7-9,11-12H,5-6,10,23H2,(H,24,25,26);1,6H,3-5H2;5-6H,1-4H2;3,5H,1-2,4H2/b4-3+;;;;;/t17-;16-,36?;12-;6-;2*5-/m111100/s1. The molecule has 6 fully saturated rings. The van der Waals surface area contributed by atoms with Crippen molar-refractivity contribution in [3.05, 3.63) is 171 Å². The van der Waals surface area contributed by atoms with Gasteiger partial charge < -0.3 is 80.1 Å². The number of terminal acetylenes is 1. The molecule has 9 heterocycles. The van der Waals surface area contributed by atoms with Gasteiger partial charge in [-0.15, -0.1) is 12.3 Å². The number of carbonyl (C=O) groups is 3. The van der Waals surface area contributed by atoms with Gasteiger partial charge in [-0.1, -0.05) is 76.4 Å². The van der Waals surface area contributed by atoms with Crippen LogP contribution in [0.1, 0.15) is 62.1 Å². The fourth-order valence-electron chi connectivity index (χ4n) is 12.1. The number of halogens is 6. The first kappa shape index (κ1) is 91.0. The lowest BCUT2D eigenvalue weighted by molar-refractivity contribution is -0.114. The molecule has 119 heavy (non-hydrogen) atoms. The number of hydrogen-bond donors (Lipinski definition) is 7. The van der Waals surface area contributed by atoms with E-state index in [2.05, 4.69) is 97.9 Å². The third-order valence-electron chi connectivity index (χ3n) is 18.6. The van der Waals surface area contributed by atoms with Gasteiger partial charge >= 0.3 is 0 Å². The van der Waals surface area contributed by atoms with Gasteiger partial charge in [-0.05, 0) is 151 Å². The lowest BCUT2D eigenvalue weighted by Gasteiger charge is -2.15.